The first-order valence-electron chi connectivity index (χ1n) is 30.9. The molecule has 5 nitrogen and oxygen atoms in total. The number of imidazole rings is 1. The molecule has 0 saturated carbocycles. The number of para-hydroxylation sites is 1. The van der Waals surface area contributed by atoms with E-state index in [4.69, 9.17) is 17.9 Å². The third kappa shape index (κ3) is 8.14. The normalized spacial score (nSPS) is 17.1. The molecule has 0 amide bonds. The Labute approximate surface area is 469 Å². The average molecular weight is 1180 g/mol. The van der Waals surface area contributed by atoms with Crippen molar-refractivity contribution in [3.63, 3.8) is 0 Å². The number of rotatable bonds is 7. The number of nitrogens with zero attached hydrogens (tertiary/aromatic N) is 4. The molecule has 0 saturated heterocycles. The van der Waals surface area contributed by atoms with Crippen LogP contribution in [0.1, 0.15) is 145 Å². The van der Waals surface area contributed by atoms with Crippen molar-refractivity contribution in [3.05, 3.63) is 195 Å². The first-order valence-corrected chi connectivity index (χ1v) is 27.0. The third-order valence-corrected chi connectivity index (χ3v) is 17.9. The number of hydrogen-bond donors (Lipinski definition) is 0. The van der Waals surface area contributed by atoms with Gasteiger partial charge < -0.3 is 0 Å². The third-order valence-electron chi connectivity index (χ3n) is 16.9. The summed E-state index contributed by atoms with van der Waals surface area (Å²) in [5.41, 5.74) is 9.20. The van der Waals surface area contributed by atoms with Crippen molar-refractivity contribution < 1.29 is 37.8 Å². The minimum atomic E-state index is -0.557. The van der Waals surface area contributed by atoms with Gasteiger partial charge in [0.1, 0.15) is 0 Å². The van der Waals surface area contributed by atoms with Gasteiger partial charge in [-0.25, -0.2) is 0 Å². The second-order valence-electron chi connectivity index (χ2n) is 25.1. The first-order chi connectivity index (χ1) is 39.4. The summed E-state index contributed by atoms with van der Waals surface area (Å²) in [4.78, 5) is 5.07. The van der Waals surface area contributed by atoms with Gasteiger partial charge in [-0.2, -0.15) is 0 Å². The van der Waals surface area contributed by atoms with Crippen molar-refractivity contribution in [1.82, 2.24) is 18.7 Å². The average Bonchev–Trinajstić information content (AvgIpc) is 1.69. The molecule has 0 fully saturated rings. The summed E-state index contributed by atoms with van der Waals surface area (Å²) in [5.74, 6) is 2.00. The molecule has 0 spiro atoms. The van der Waals surface area contributed by atoms with Gasteiger partial charge in [0.2, 0.25) is 0 Å². The second kappa shape index (κ2) is 17.5. The van der Waals surface area contributed by atoms with Crippen molar-refractivity contribution in [3.8, 4) is 50.9 Å². The van der Waals surface area contributed by atoms with Crippen LogP contribution in [0.4, 0.5) is 0 Å². The van der Waals surface area contributed by atoms with Gasteiger partial charge in [0.25, 0.3) is 0 Å². The van der Waals surface area contributed by atoms with Crippen LogP contribution in [0, 0.1) is 9.22 Å². The monoisotopic (exact) mass is 1180 g/mol. The van der Waals surface area contributed by atoms with Gasteiger partial charge in [-0.1, -0.05) is 68.4 Å². The zero-order valence-corrected chi connectivity index (χ0v) is 48.1. The summed E-state index contributed by atoms with van der Waals surface area (Å²) in [6, 6.07) is 27.6. The Hall–Kier alpha value is -6.55. The van der Waals surface area contributed by atoms with Crippen LogP contribution in [0.15, 0.2) is 164 Å². The van der Waals surface area contributed by atoms with Crippen LogP contribution < -0.4 is 4.74 Å². The van der Waals surface area contributed by atoms with Gasteiger partial charge in [0, 0.05) is 6.20 Å². The topological polar surface area (TPSA) is 36.9 Å². The number of hydrogen-bond acceptors (Lipinski definition) is 2. The van der Waals surface area contributed by atoms with E-state index in [1.807, 2.05) is 29.0 Å². The maximum absolute atomic E-state index is 9.31. The van der Waals surface area contributed by atoms with Crippen LogP contribution >= 0.6 is 0 Å². The molecule has 75 heavy (non-hydrogen) atoms. The molecule has 0 unspecified atom stereocenters. The van der Waals surface area contributed by atoms with Gasteiger partial charge >= 0.3 is 358 Å². The molecule has 0 radical (unpaired) electrons. The van der Waals surface area contributed by atoms with Crippen molar-refractivity contribution in [1.29, 1.82) is 0 Å². The number of aromatic nitrogens is 4. The Kier molecular flexibility index (Phi) is 9.29. The zero-order valence-electron chi connectivity index (χ0n) is 55.8. The Morgan fingerprint density at radius 2 is 1.12 bits per heavy atom. The molecule has 0 atom stereocenters. The molecule has 1 aliphatic carbocycles. The number of pyridine rings is 1. The molecule has 11 rings (SSSR count). The summed E-state index contributed by atoms with van der Waals surface area (Å²) in [5, 5.41) is 2.31. The summed E-state index contributed by atoms with van der Waals surface area (Å²) in [6.07, 6.45) is 1.91. The summed E-state index contributed by atoms with van der Waals surface area (Å²) < 4.78 is 104. The van der Waals surface area contributed by atoms with Crippen molar-refractivity contribution in [2.24, 2.45) is 5.41 Å². The maximum atomic E-state index is 9.31. The van der Waals surface area contributed by atoms with Gasteiger partial charge in [0.15, 0.2) is 0 Å². The Bertz CT molecular complexity index is 4440. The molecular formula is C69H72N4OPt. The summed E-state index contributed by atoms with van der Waals surface area (Å²) >= 11 is 2.25. The van der Waals surface area contributed by atoms with E-state index in [0.29, 0.717) is 20.8 Å². The molecule has 3 heterocycles. The van der Waals surface area contributed by atoms with E-state index in [1.165, 1.54) is 22.1 Å². The molecule has 7 aromatic carbocycles. The number of fused-ring (bicyclic) bond motifs is 6. The van der Waals surface area contributed by atoms with Gasteiger partial charge in [-0.3, -0.25) is 0 Å². The number of ether oxygens (including phenoxy) is 1. The molecular weight excluding hydrogens is 1100 g/mol. The van der Waals surface area contributed by atoms with E-state index in [-0.39, 0.29) is 55.0 Å². The number of benzene rings is 7. The fraction of sp³-hybridized carbons (Fsp3) is 0.304. The van der Waals surface area contributed by atoms with E-state index in [1.54, 1.807) is 18.2 Å². The molecule has 1 aliphatic rings. The van der Waals surface area contributed by atoms with Crippen molar-refractivity contribution in [2.45, 2.75) is 131 Å². The minimum absolute atomic E-state index is 0.0783. The predicted molar refractivity (Wildman–Crippen MR) is 311 cm³/mol. The fourth-order valence-electron chi connectivity index (χ4n) is 11.4. The van der Waals surface area contributed by atoms with Crippen LogP contribution in [0.5, 0.6) is 11.5 Å². The van der Waals surface area contributed by atoms with Crippen LogP contribution in [-0.2, 0) is 46.4 Å². The predicted octanol–water partition coefficient (Wildman–Crippen LogP) is 18.6. The Balaban J connectivity index is 1.20. The van der Waals surface area contributed by atoms with Gasteiger partial charge in [-0.05, 0) is 38.9 Å². The molecule has 10 aromatic rings. The fourth-order valence-corrected chi connectivity index (χ4v) is 12.5. The summed E-state index contributed by atoms with van der Waals surface area (Å²) in [7, 11) is 0. The van der Waals surface area contributed by atoms with E-state index < -0.39 is 65.8 Å². The second-order valence-corrected chi connectivity index (χ2v) is 26.1. The summed E-state index contributed by atoms with van der Waals surface area (Å²) in [6.45, 7) is 33.8. The SMILES string of the molecule is [2H]c1c([2H])c([2H])c(-c2cccc(-c3c([2H])c([2H])c([2H])c([2H])c3[2H])c2-n2[c](=[Pt])n(-c3cc(Oc4ccc5c6c7c(ccc6n(-c6cc(C(C)(C)C)ccn6)c5c4)C(C)(C)C(C)(C)C7(C)C)cc(C(C)(C)C)c3)c3cc(C(C)(C)C)ccc32)c([2H])c1[2H]. The van der Waals surface area contributed by atoms with Crippen molar-refractivity contribution >= 4 is 32.8 Å². The standard InChI is InChI=1S/C69H72N4O.Pt/c1-64(2,3)46-29-33-56-59(39-46)71(43-72(56)63-52(44-23-18-16-19-24-44)27-22-28-53(63)45-25-20-17-21-26-45)49-37-48(66(7,8)9)38-51(41-49)74-50-30-31-54-58(42-50)73(60-40-47(35-36-70-60)65(4,5)6)57-34-32-55-62(61(54)57)68(12,13)69(14,15)67(55,10)11;/h16-42H,1-15H3;/i16D,17D,18D,19D,20D,21D,23D,24D,25D,26D;. The van der Waals surface area contributed by atoms with Crippen LogP contribution in [0.3, 0.4) is 0 Å². The first kappa shape index (κ1) is 39.8. The van der Waals surface area contributed by atoms with Crippen molar-refractivity contribution in [2.75, 3.05) is 0 Å². The molecule has 0 N–H and O–H groups in total. The Morgan fingerprint density at radius 1 is 0.520 bits per heavy atom. The molecule has 0 aliphatic heterocycles. The molecule has 0 bridgehead atoms. The van der Waals surface area contributed by atoms with Gasteiger partial charge in [-0.15, -0.1) is 0 Å². The van der Waals surface area contributed by atoms with E-state index >= 15 is 0 Å². The molecule has 3 aromatic heterocycles. The van der Waals surface area contributed by atoms with E-state index in [0.717, 1.165) is 44.6 Å². The quantitative estimate of drug-likeness (QED) is 0.159. The van der Waals surface area contributed by atoms with Crippen LogP contribution in [0.25, 0.3) is 72.3 Å². The Morgan fingerprint density at radius 3 is 1.73 bits per heavy atom. The zero-order chi connectivity index (χ0) is 62.1. The van der Waals surface area contributed by atoms with E-state index in [2.05, 4.69) is 193 Å². The van der Waals surface area contributed by atoms with Gasteiger partial charge in [0.05, 0.1) is 0 Å². The van der Waals surface area contributed by atoms with E-state index in [9.17, 15) is 5.48 Å². The molecule has 6 heteroatoms. The van der Waals surface area contributed by atoms with Crippen LogP contribution in [-0.4, -0.2) is 18.7 Å². The van der Waals surface area contributed by atoms with Crippen LogP contribution in [0.2, 0.25) is 0 Å². The molecule has 384 valence electrons.